The summed E-state index contributed by atoms with van der Waals surface area (Å²) in [6.07, 6.45) is 1.64. The van der Waals surface area contributed by atoms with E-state index < -0.39 is 11.8 Å². The quantitative estimate of drug-likeness (QED) is 0.344. The Morgan fingerprint density at radius 1 is 1.06 bits per heavy atom. The van der Waals surface area contributed by atoms with E-state index in [-0.39, 0.29) is 25.3 Å². The molecule has 10 heteroatoms. The van der Waals surface area contributed by atoms with Gasteiger partial charge >= 0.3 is 5.97 Å². The largest absolute Gasteiger partial charge is 0.497 e. The third-order valence-corrected chi connectivity index (χ3v) is 4.71. The maximum atomic E-state index is 13.9. The molecular weight excluding hydrogens is 433 g/mol. The highest BCUT2D eigenvalue weighted by atomic mass is 19.1. The topological polar surface area (TPSA) is 110 Å². The van der Waals surface area contributed by atoms with Crippen molar-refractivity contribution in [3.05, 3.63) is 66.3 Å². The monoisotopic (exact) mass is 453 g/mol. The number of oxazole rings is 1. The fourth-order valence-corrected chi connectivity index (χ4v) is 3.04. The highest BCUT2D eigenvalue weighted by Crippen LogP contribution is 2.31. The van der Waals surface area contributed by atoms with Crippen molar-refractivity contribution < 1.29 is 32.3 Å². The number of ether oxygens (including phenoxy) is 3. The first kappa shape index (κ1) is 22.0. The number of aryl methyl sites for hydroxylation is 1. The zero-order chi connectivity index (χ0) is 23.2. The fraction of sp³-hybridized carbons (Fsp3) is 0.217. The smallest absolute Gasteiger partial charge is 0.306 e. The van der Waals surface area contributed by atoms with E-state index in [2.05, 4.69) is 15.1 Å². The van der Waals surface area contributed by atoms with Gasteiger partial charge in [0.1, 0.15) is 17.3 Å². The molecule has 4 rings (SSSR count). The molecule has 0 aliphatic carbocycles. The van der Waals surface area contributed by atoms with Crippen LogP contribution >= 0.6 is 0 Å². The number of hydrogen-bond donors (Lipinski definition) is 0. The summed E-state index contributed by atoms with van der Waals surface area (Å²) in [5.74, 6) is 1.25. The van der Waals surface area contributed by atoms with Gasteiger partial charge in [-0.05, 0) is 24.3 Å². The highest BCUT2D eigenvalue weighted by molar-refractivity contribution is 5.69. The predicted molar refractivity (Wildman–Crippen MR) is 113 cm³/mol. The van der Waals surface area contributed by atoms with Gasteiger partial charge in [0, 0.05) is 12.5 Å². The zero-order valence-corrected chi connectivity index (χ0v) is 17.9. The summed E-state index contributed by atoms with van der Waals surface area (Å²) in [5, 5.41) is 3.91. The number of halogens is 1. The fourth-order valence-electron chi connectivity index (χ4n) is 3.04. The molecular formula is C23H20FN3O6. The molecule has 0 amide bonds. The average Bonchev–Trinajstić information content (AvgIpc) is 3.51. The van der Waals surface area contributed by atoms with Crippen LogP contribution in [0.3, 0.4) is 0 Å². The van der Waals surface area contributed by atoms with Crippen molar-refractivity contribution in [1.29, 1.82) is 0 Å². The van der Waals surface area contributed by atoms with Crippen molar-refractivity contribution in [3.63, 3.8) is 0 Å². The number of aromatic nitrogens is 3. The van der Waals surface area contributed by atoms with Crippen LogP contribution in [0.1, 0.15) is 18.2 Å². The third kappa shape index (κ3) is 5.17. The van der Waals surface area contributed by atoms with Crippen LogP contribution in [0.5, 0.6) is 11.5 Å². The molecule has 0 N–H and O–H groups in total. The van der Waals surface area contributed by atoms with Crippen molar-refractivity contribution in [2.75, 3.05) is 14.2 Å². The lowest BCUT2D eigenvalue weighted by atomic mass is 10.2. The maximum absolute atomic E-state index is 13.9. The molecule has 0 spiro atoms. The number of carbonyl (C=O) groups is 1. The van der Waals surface area contributed by atoms with Crippen molar-refractivity contribution in [2.45, 2.75) is 19.4 Å². The summed E-state index contributed by atoms with van der Waals surface area (Å²) in [5.41, 5.74) is 0.911. The SMILES string of the molecule is COc1ccc(-c2noc(COC(=O)CCc3ncc(-c4ccccc4F)o3)n2)c(OC)c1. The van der Waals surface area contributed by atoms with E-state index in [1.165, 1.54) is 19.4 Å². The van der Waals surface area contributed by atoms with E-state index in [9.17, 15) is 9.18 Å². The molecule has 0 fully saturated rings. The van der Waals surface area contributed by atoms with Gasteiger partial charge in [-0.3, -0.25) is 4.79 Å². The molecule has 0 aliphatic heterocycles. The molecule has 33 heavy (non-hydrogen) atoms. The van der Waals surface area contributed by atoms with Gasteiger partial charge in [-0.15, -0.1) is 0 Å². The van der Waals surface area contributed by atoms with Gasteiger partial charge in [0.15, 0.2) is 18.3 Å². The van der Waals surface area contributed by atoms with Gasteiger partial charge in [-0.2, -0.15) is 4.98 Å². The van der Waals surface area contributed by atoms with Gasteiger partial charge in [0.05, 0.1) is 38.0 Å². The second-order valence-corrected chi connectivity index (χ2v) is 6.84. The molecule has 0 bridgehead atoms. The van der Waals surface area contributed by atoms with E-state index in [0.717, 1.165) is 0 Å². The van der Waals surface area contributed by atoms with E-state index >= 15 is 0 Å². The summed E-state index contributed by atoms with van der Waals surface area (Å²) in [7, 11) is 3.08. The van der Waals surface area contributed by atoms with Gasteiger partial charge < -0.3 is 23.2 Å². The maximum Gasteiger partial charge on any atom is 0.306 e. The van der Waals surface area contributed by atoms with Crippen LogP contribution < -0.4 is 9.47 Å². The van der Waals surface area contributed by atoms with Crippen LogP contribution in [-0.2, 0) is 22.6 Å². The number of benzene rings is 2. The summed E-state index contributed by atoms with van der Waals surface area (Å²) < 4.78 is 40.2. The first-order valence-electron chi connectivity index (χ1n) is 9.97. The third-order valence-electron chi connectivity index (χ3n) is 4.71. The number of hydrogen-bond acceptors (Lipinski definition) is 9. The Kier molecular flexibility index (Phi) is 6.63. The Bertz CT molecular complexity index is 1250. The standard InChI is InChI=1S/C23H20FN3O6/c1-29-14-7-8-16(18(11-14)30-2)23-26-21(33-27-23)13-31-22(28)10-9-20-25-12-19(32-20)15-5-3-4-6-17(15)24/h3-8,11-12H,9-10,13H2,1-2H3. The minimum absolute atomic E-state index is 0.0184. The first-order valence-corrected chi connectivity index (χ1v) is 9.97. The van der Waals surface area contributed by atoms with Gasteiger partial charge in [-0.25, -0.2) is 9.37 Å². The summed E-state index contributed by atoms with van der Waals surface area (Å²) in [4.78, 5) is 20.4. The Labute approximate surface area is 188 Å². The second-order valence-electron chi connectivity index (χ2n) is 6.84. The van der Waals surface area contributed by atoms with Crippen molar-refractivity contribution in [3.8, 4) is 34.2 Å². The molecule has 2 aromatic heterocycles. The van der Waals surface area contributed by atoms with Crippen LogP contribution in [0.25, 0.3) is 22.7 Å². The van der Waals surface area contributed by atoms with Gasteiger partial charge in [0.25, 0.3) is 5.89 Å². The lowest BCUT2D eigenvalue weighted by molar-refractivity contribution is -0.145. The van der Waals surface area contributed by atoms with Crippen LogP contribution in [0, 0.1) is 5.82 Å². The lowest BCUT2D eigenvalue weighted by Crippen LogP contribution is -2.06. The molecule has 9 nitrogen and oxygen atoms in total. The van der Waals surface area contributed by atoms with E-state index in [4.69, 9.17) is 23.2 Å². The number of esters is 1. The average molecular weight is 453 g/mol. The first-order chi connectivity index (χ1) is 16.1. The molecule has 0 saturated heterocycles. The summed E-state index contributed by atoms with van der Waals surface area (Å²) in [6.45, 7) is -0.184. The van der Waals surface area contributed by atoms with E-state index in [1.807, 2.05) is 0 Å². The predicted octanol–water partition coefficient (Wildman–Crippen LogP) is 4.22. The molecule has 0 unspecified atom stereocenters. The number of carbonyl (C=O) groups excluding carboxylic acids is 1. The molecule has 0 saturated carbocycles. The Balaban J connectivity index is 1.31. The van der Waals surface area contributed by atoms with Crippen molar-refractivity contribution in [2.24, 2.45) is 0 Å². The van der Waals surface area contributed by atoms with Crippen molar-refractivity contribution >= 4 is 5.97 Å². The van der Waals surface area contributed by atoms with E-state index in [1.54, 1.807) is 43.5 Å². The molecule has 2 aromatic carbocycles. The number of rotatable bonds is 9. The zero-order valence-electron chi connectivity index (χ0n) is 17.9. The molecule has 0 atom stereocenters. The second kappa shape index (κ2) is 9.94. The van der Waals surface area contributed by atoms with Crippen molar-refractivity contribution in [1.82, 2.24) is 15.1 Å². The number of methoxy groups -OCH3 is 2. The normalized spacial score (nSPS) is 10.8. The highest BCUT2D eigenvalue weighted by Gasteiger charge is 2.16. The molecule has 4 aromatic rings. The molecule has 2 heterocycles. The van der Waals surface area contributed by atoms with Crippen LogP contribution in [0.4, 0.5) is 4.39 Å². The van der Waals surface area contributed by atoms with E-state index in [0.29, 0.717) is 40.1 Å². The Morgan fingerprint density at radius 2 is 1.91 bits per heavy atom. The Morgan fingerprint density at radius 3 is 2.70 bits per heavy atom. The van der Waals surface area contributed by atoms with Crippen LogP contribution in [-0.4, -0.2) is 35.3 Å². The summed E-state index contributed by atoms with van der Waals surface area (Å²) in [6, 6.07) is 11.4. The summed E-state index contributed by atoms with van der Waals surface area (Å²) >= 11 is 0. The number of nitrogens with zero attached hydrogens (tertiary/aromatic N) is 3. The molecule has 0 radical (unpaired) electrons. The minimum atomic E-state index is -0.498. The molecule has 0 aliphatic rings. The van der Waals surface area contributed by atoms with Gasteiger partial charge in [-0.1, -0.05) is 17.3 Å². The van der Waals surface area contributed by atoms with Gasteiger partial charge in [0.2, 0.25) is 5.82 Å². The van der Waals surface area contributed by atoms with Crippen LogP contribution in [0.2, 0.25) is 0 Å². The lowest BCUT2D eigenvalue weighted by Gasteiger charge is -2.07. The molecule has 170 valence electrons. The Hall–Kier alpha value is -4.21. The minimum Gasteiger partial charge on any atom is -0.497 e. The van der Waals surface area contributed by atoms with Crippen LogP contribution in [0.15, 0.2) is 57.6 Å².